The van der Waals surface area contributed by atoms with E-state index < -0.39 is 0 Å². The summed E-state index contributed by atoms with van der Waals surface area (Å²) in [4.78, 5) is 0. The quantitative estimate of drug-likeness (QED) is 0.674. The highest BCUT2D eigenvalue weighted by Crippen LogP contribution is 2.56. The molecule has 6 atom stereocenters. The normalized spacial score (nSPS) is 53.6. The van der Waals surface area contributed by atoms with Gasteiger partial charge in [-0.3, -0.25) is 0 Å². The second-order valence-corrected chi connectivity index (χ2v) is 7.22. The van der Waals surface area contributed by atoms with Gasteiger partial charge in [-0.15, -0.1) is 0 Å². The lowest BCUT2D eigenvalue weighted by Crippen LogP contribution is -2.48. The molecule has 1 heteroatoms. The fourth-order valence-corrected chi connectivity index (χ4v) is 6.03. The molecule has 1 nitrogen and oxygen atoms in total. The van der Waals surface area contributed by atoms with Gasteiger partial charge in [-0.05, 0) is 74.7 Å². The number of nitrogens with one attached hydrogen (secondary N) is 1. The van der Waals surface area contributed by atoms with E-state index in [4.69, 9.17) is 0 Å². The van der Waals surface area contributed by atoms with E-state index in [9.17, 15) is 0 Å². The number of rotatable bonds is 0. The molecule has 4 fully saturated rings. The zero-order valence-electron chi connectivity index (χ0n) is 11.0. The van der Waals surface area contributed by atoms with E-state index in [0.717, 1.165) is 35.6 Å². The van der Waals surface area contributed by atoms with Crippen LogP contribution < -0.4 is 5.32 Å². The van der Waals surface area contributed by atoms with Crippen LogP contribution in [0, 0.1) is 29.6 Å². The van der Waals surface area contributed by atoms with Crippen molar-refractivity contribution in [3.63, 3.8) is 0 Å². The van der Waals surface area contributed by atoms with Gasteiger partial charge in [0.1, 0.15) is 0 Å². The summed E-state index contributed by atoms with van der Waals surface area (Å²) in [5.41, 5.74) is 0. The van der Waals surface area contributed by atoms with Crippen LogP contribution in [0.1, 0.15) is 57.8 Å². The van der Waals surface area contributed by atoms with Crippen LogP contribution in [0.3, 0.4) is 0 Å². The molecule has 0 spiro atoms. The Morgan fingerprint density at radius 1 is 0.647 bits per heavy atom. The van der Waals surface area contributed by atoms with E-state index in [0.29, 0.717) is 0 Å². The molecule has 1 heterocycles. The minimum atomic E-state index is 0.908. The summed E-state index contributed by atoms with van der Waals surface area (Å²) in [5, 5.41) is 3.81. The Kier molecular flexibility index (Phi) is 2.72. The van der Waals surface area contributed by atoms with E-state index >= 15 is 0 Å². The van der Waals surface area contributed by atoms with E-state index in [1.165, 1.54) is 38.6 Å². The molecule has 1 aliphatic heterocycles. The van der Waals surface area contributed by atoms with Gasteiger partial charge in [-0.2, -0.15) is 0 Å². The van der Waals surface area contributed by atoms with Gasteiger partial charge in [0.15, 0.2) is 0 Å². The molecule has 4 rings (SSSR count). The molecule has 3 saturated carbocycles. The standard InChI is InChI=1S/C16H27N/c1-2-5-12-11(4-1)10-15-13(12)7-8-16-14(15)6-3-9-17-16/h11-17H,1-10H2. The topological polar surface area (TPSA) is 12.0 Å². The second-order valence-electron chi connectivity index (χ2n) is 7.22. The Labute approximate surface area is 106 Å². The summed E-state index contributed by atoms with van der Waals surface area (Å²) in [7, 11) is 0. The van der Waals surface area contributed by atoms with Gasteiger partial charge in [0.05, 0.1) is 0 Å². The van der Waals surface area contributed by atoms with Crippen molar-refractivity contribution in [1.29, 1.82) is 0 Å². The van der Waals surface area contributed by atoms with E-state index in [2.05, 4.69) is 5.32 Å². The molecule has 1 saturated heterocycles. The summed E-state index contributed by atoms with van der Waals surface area (Å²) >= 11 is 0. The first-order valence-corrected chi connectivity index (χ1v) is 8.17. The van der Waals surface area contributed by atoms with Crippen LogP contribution in [-0.4, -0.2) is 12.6 Å². The van der Waals surface area contributed by atoms with E-state index in [-0.39, 0.29) is 0 Å². The fraction of sp³-hybridized carbons (Fsp3) is 1.00. The van der Waals surface area contributed by atoms with Crippen LogP contribution in [-0.2, 0) is 0 Å². The van der Waals surface area contributed by atoms with Crippen molar-refractivity contribution in [3.8, 4) is 0 Å². The predicted octanol–water partition coefficient (Wildman–Crippen LogP) is 3.59. The first kappa shape index (κ1) is 10.8. The van der Waals surface area contributed by atoms with Crippen LogP contribution in [0.25, 0.3) is 0 Å². The van der Waals surface area contributed by atoms with Crippen LogP contribution in [0.15, 0.2) is 0 Å². The molecule has 3 aliphatic carbocycles. The van der Waals surface area contributed by atoms with Crippen molar-refractivity contribution in [1.82, 2.24) is 5.32 Å². The second kappa shape index (κ2) is 4.26. The summed E-state index contributed by atoms with van der Waals surface area (Å²) in [6.45, 7) is 1.30. The third-order valence-electron chi connectivity index (χ3n) is 6.64. The van der Waals surface area contributed by atoms with E-state index in [1.807, 2.05) is 0 Å². The highest BCUT2D eigenvalue weighted by molar-refractivity contribution is 5.02. The highest BCUT2D eigenvalue weighted by atomic mass is 14.9. The minimum absolute atomic E-state index is 0.908. The summed E-state index contributed by atoms with van der Waals surface area (Å²) in [6, 6.07) is 0.908. The maximum Gasteiger partial charge on any atom is 0.00981 e. The molecular weight excluding hydrogens is 206 g/mol. The van der Waals surface area contributed by atoms with Crippen LogP contribution in [0.4, 0.5) is 0 Å². The van der Waals surface area contributed by atoms with Gasteiger partial charge in [0.25, 0.3) is 0 Å². The van der Waals surface area contributed by atoms with E-state index in [1.54, 1.807) is 25.7 Å². The molecule has 1 N–H and O–H groups in total. The first-order chi connectivity index (χ1) is 8.43. The Morgan fingerprint density at radius 2 is 1.53 bits per heavy atom. The zero-order valence-corrected chi connectivity index (χ0v) is 11.0. The molecule has 17 heavy (non-hydrogen) atoms. The Bertz CT molecular complexity index is 287. The van der Waals surface area contributed by atoms with Crippen molar-refractivity contribution >= 4 is 0 Å². The number of fused-ring (bicyclic) bond motifs is 5. The Balaban J connectivity index is 1.56. The molecule has 96 valence electrons. The van der Waals surface area contributed by atoms with Gasteiger partial charge < -0.3 is 5.32 Å². The predicted molar refractivity (Wildman–Crippen MR) is 70.8 cm³/mol. The van der Waals surface area contributed by atoms with Gasteiger partial charge in [-0.1, -0.05) is 19.3 Å². The largest absolute Gasteiger partial charge is 0.314 e. The summed E-state index contributed by atoms with van der Waals surface area (Å²) < 4.78 is 0. The lowest BCUT2D eigenvalue weighted by Gasteiger charge is -2.45. The van der Waals surface area contributed by atoms with Crippen LogP contribution in [0.2, 0.25) is 0 Å². The van der Waals surface area contributed by atoms with Crippen molar-refractivity contribution in [2.75, 3.05) is 6.54 Å². The summed E-state index contributed by atoms with van der Waals surface area (Å²) in [6.07, 6.45) is 13.9. The molecule has 0 aromatic rings. The highest BCUT2D eigenvalue weighted by Gasteiger charge is 2.50. The van der Waals surface area contributed by atoms with Crippen LogP contribution in [0.5, 0.6) is 0 Å². The molecule has 0 radical (unpaired) electrons. The lowest BCUT2D eigenvalue weighted by molar-refractivity contribution is 0.0828. The van der Waals surface area contributed by atoms with Crippen molar-refractivity contribution in [2.24, 2.45) is 29.6 Å². The molecule has 6 unspecified atom stereocenters. The number of hydrogen-bond acceptors (Lipinski definition) is 1. The molecule has 4 aliphatic rings. The molecule has 0 aromatic carbocycles. The van der Waals surface area contributed by atoms with Crippen LogP contribution >= 0.6 is 0 Å². The van der Waals surface area contributed by atoms with Crippen molar-refractivity contribution in [3.05, 3.63) is 0 Å². The van der Waals surface area contributed by atoms with Gasteiger partial charge in [-0.25, -0.2) is 0 Å². The average molecular weight is 233 g/mol. The molecule has 0 bridgehead atoms. The Hall–Kier alpha value is -0.0400. The number of piperidine rings is 1. The first-order valence-electron chi connectivity index (χ1n) is 8.17. The third kappa shape index (κ3) is 1.69. The minimum Gasteiger partial charge on any atom is -0.314 e. The molecule has 0 aromatic heterocycles. The van der Waals surface area contributed by atoms with Crippen molar-refractivity contribution < 1.29 is 0 Å². The fourth-order valence-electron chi connectivity index (χ4n) is 6.03. The summed E-state index contributed by atoms with van der Waals surface area (Å²) in [5.74, 6) is 5.61. The number of hydrogen-bond donors (Lipinski definition) is 1. The Morgan fingerprint density at radius 3 is 2.53 bits per heavy atom. The van der Waals surface area contributed by atoms with Gasteiger partial charge in [0, 0.05) is 6.04 Å². The van der Waals surface area contributed by atoms with Gasteiger partial charge in [0.2, 0.25) is 0 Å². The van der Waals surface area contributed by atoms with Gasteiger partial charge >= 0.3 is 0 Å². The maximum atomic E-state index is 3.81. The molecule has 0 amide bonds. The molecular formula is C16H27N. The zero-order chi connectivity index (χ0) is 11.2. The monoisotopic (exact) mass is 233 g/mol. The lowest BCUT2D eigenvalue weighted by atomic mass is 9.66. The maximum absolute atomic E-state index is 3.81. The smallest absolute Gasteiger partial charge is 0.00981 e. The third-order valence-corrected chi connectivity index (χ3v) is 6.64. The van der Waals surface area contributed by atoms with Crippen molar-refractivity contribution in [2.45, 2.75) is 63.8 Å². The SMILES string of the molecule is C1CCC2C(C1)CC1C3CCCNC3CCC21. The average Bonchev–Trinajstić information content (AvgIpc) is 2.78.